The molecule has 4 amide bonds. The number of nitrogens with one attached hydrogen (secondary N) is 2. The highest BCUT2D eigenvalue weighted by atomic mass is 19.1. The van der Waals surface area contributed by atoms with E-state index in [1.54, 1.807) is 13.0 Å². The Labute approximate surface area is 167 Å². The molecule has 2 N–H and O–H groups in total. The maximum absolute atomic E-state index is 13.6. The molecule has 1 saturated heterocycles. The number of esters is 1. The number of hydrogen-bond donors (Lipinski definition) is 2. The van der Waals surface area contributed by atoms with Gasteiger partial charge < -0.3 is 15.4 Å². The van der Waals surface area contributed by atoms with Crippen LogP contribution in [-0.4, -0.2) is 46.9 Å². The van der Waals surface area contributed by atoms with Crippen molar-refractivity contribution in [3.05, 3.63) is 29.6 Å². The first-order chi connectivity index (χ1) is 13.7. The molecule has 1 aromatic carbocycles. The number of rotatable bonds is 6. The summed E-state index contributed by atoms with van der Waals surface area (Å²) < 4.78 is 18.6. The third-order valence-corrected chi connectivity index (χ3v) is 5.36. The number of ether oxygens (including phenoxy) is 1. The van der Waals surface area contributed by atoms with Crippen LogP contribution in [-0.2, 0) is 19.1 Å². The average Bonchev–Trinajstić information content (AvgIpc) is 3.22. The van der Waals surface area contributed by atoms with Crippen LogP contribution in [0.4, 0.5) is 14.9 Å². The van der Waals surface area contributed by atoms with Crippen molar-refractivity contribution >= 4 is 29.5 Å². The highest BCUT2D eigenvalue weighted by molar-refractivity contribution is 6.07. The maximum atomic E-state index is 13.6. The lowest BCUT2D eigenvalue weighted by molar-refractivity contribution is -0.153. The van der Waals surface area contributed by atoms with Crippen LogP contribution < -0.4 is 10.6 Å². The molecule has 0 bridgehead atoms. The van der Waals surface area contributed by atoms with E-state index in [2.05, 4.69) is 10.6 Å². The molecule has 156 valence electrons. The van der Waals surface area contributed by atoms with Gasteiger partial charge in [-0.25, -0.2) is 9.18 Å². The number of urea groups is 1. The van der Waals surface area contributed by atoms with Gasteiger partial charge in [0.1, 0.15) is 11.4 Å². The van der Waals surface area contributed by atoms with E-state index in [1.165, 1.54) is 19.1 Å². The predicted molar refractivity (Wildman–Crippen MR) is 101 cm³/mol. The molecule has 0 unspecified atom stereocenters. The lowest BCUT2D eigenvalue weighted by Gasteiger charge is -2.20. The lowest BCUT2D eigenvalue weighted by atomic mass is 9.98. The van der Waals surface area contributed by atoms with Gasteiger partial charge in [-0.1, -0.05) is 18.9 Å². The molecule has 1 aromatic rings. The van der Waals surface area contributed by atoms with Crippen LogP contribution in [0, 0.1) is 12.7 Å². The van der Waals surface area contributed by atoms with Crippen molar-refractivity contribution < 1.29 is 28.3 Å². The van der Waals surface area contributed by atoms with Gasteiger partial charge in [-0.2, -0.15) is 0 Å². The average molecular weight is 405 g/mol. The fourth-order valence-corrected chi connectivity index (χ4v) is 3.62. The SMILES string of the molecule is Cc1ccc(NC(=O)[C@H](C)OC(=O)CCN2C(=O)NC3(CCCC3)C2=O)cc1F. The Balaban J connectivity index is 1.48. The number of anilines is 1. The zero-order valence-electron chi connectivity index (χ0n) is 16.4. The summed E-state index contributed by atoms with van der Waals surface area (Å²) in [5, 5.41) is 5.21. The van der Waals surface area contributed by atoms with Crippen LogP contribution in [0.15, 0.2) is 18.2 Å². The number of hydrogen-bond acceptors (Lipinski definition) is 5. The number of carbonyl (C=O) groups excluding carboxylic acids is 4. The van der Waals surface area contributed by atoms with E-state index in [1.807, 2.05) is 0 Å². The zero-order chi connectivity index (χ0) is 21.2. The van der Waals surface area contributed by atoms with Gasteiger partial charge in [-0.05, 0) is 44.4 Å². The van der Waals surface area contributed by atoms with Crippen LogP contribution in [0.5, 0.6) is 0 Å². The van der Waals surface area contributed by atoms with Gasteiger partial charge in [0.05, 0.1) is 6.42 Å². The minimum absolute atomic E-state index is 0.108. The number of aryl methyl sites for hydroxylation is 1. The van der Waals surface area contributed by atoms with Gasteiger partial charge in [0.15, 0.2) is 6.10 Å². The third kappa shape index (κ3) is 4.38. The molecular weight excluding hydrogens is 381 g/mol. The van der Waals surface area contributed by atoms with Crippen LogP contribution in [0.2, 0.25) is 0 Å². The molecule has 8 nitrogen and oxygen atoms in total. The van der Waals surface area contributed by atoms with Gasteiger partial charge in [-0.15, -0.1) is 0 Å². The highest BCUT2D eigenvalue weighted by Gasteiger charge is 2.52. The van der Waals surface area contributed by atoms with Crippen LogP contribution in [0.1, 0.15) is 44.6 Å². The first-order valence-electron chi connectivity index (χ1n) is 9.62. The monoisotopic (exact) mass is 405 g/mol. The van der Waals surface area contributed by atoms with Crippen LogP contribution in [0.3, 0.4) is 0 Å². The van der Waals surface area contributed by atoms with Gasteiger partial charge in [-0.3, -0.25) is 19.3 Å². The standard InChI is InChI=1S/C20H24FN3O5/c1-12-5-6-14(11-15(12)21)22-17(26)13(2)29-16(25)7-10-24-18(27)20(23-19(24)28)8-3-4-9-20/h5-6,11,13H,3-4,7-10H2,1-2H3,(H,22,26)(H,23,28)/t13-/m0/s1. The number of benzene rings is 1. The molecule has 2 aliphatic rings. The summed E-state index contributed by atoms with van der Waals surface area (Å²) >= 11 is 0. The van der Waals surface area contributed by atoms with E-state index < -0.39 is 35.4 Å². The number of amides is 4. The summed E-state index contributed by atoms with van der Waals surface area (Å²) in [5.74, 6) is -2.08. The Bertz CT molecular complexity index is 851. The van der Waals surface area contributed by atoms with Crippen LogP contribution in [0.25, 0.3) is 0 Å². The molecule has 1 saturated carbocycles. The summed E-state index contributed by atoms with van der Waals surface area (Å²) in [4.78, 5) is 49.9. The quantitative estimate of drug-likeness (QED) is 0.558. The topological polar surface area (TPSA) is 105 Å². The Morgan fingerprint density at radius 2 is 2.00 bits per heavy atom. The number of carbonyl (C=O) groups is 4. The Morgan fingerprint density at radius 3 is 2.66 bits per heavy atom. The Hall–Kier alpha value is -2.97. The maximum Gasteiger partial charge on any atom is 0.325 e. The fraction of sp³-hybridized carbons (Fsp3) is 0.500. The molecule has 29 heavy (non-hydrogen) atoms. The van der Waals surface area contributed by atoms with Crippen molar-refractivity contribution in [1.82, 2.24) is 10.2 Å². The molecule has 1 heterocycles. The predicted octanol–water partition coefficient (Wildman–Crippen LogP) is 2.26. The highest BCUT2D eigenvalue weighted by Crippen LogP contribution is 2.35. The van der Waals surface area contributed by atoms with E-state index >= 15 is 0 Å². The van der Waals surface area contributed by atoms with Crippen molar-refractivity contribution in [1.29, 1.82) is 0 Å². The van der Waals surface area contributed by atoms with Crippen molar-refractivity contribution in [3.8, 4) is 0 Å². The second-order valence-electron chi connectivity index (χ2n) is 7.51. The minimum Gasteiger partial charge on any atom is -0.452 e. The number of nitrogens with zero attached hydrogens (tertiary/aromatic N) is 1. The molecule has 0 radical (unpaired) electrons. The summed E-state index contributed by atoms with van der Waals surface area (Å²) in [7, 11) is 0. The zero-order valence-corrected chi connectivity index (χ0v) is 16.4. The summed E-state index contributed by atoms with van der Waals surface area (Å²) in [5.41, 5.74) is -0.123. The Morgan fingerprint density at radius 1 is 1.31 bits per heavy atom. The van der Waals surface area contributed by atoms with E-state index in [0.29, 0.717) is 18.4 Å². The van der Waals surface area contributed by atoms with Gasteiger partial charge in [0.2, 0.25) is 0 Å². The second kappa shape index (κ2) is 8.18. The molecule has 0 aromatic heterocycles. The fourth-order valence-electron chi connectivity index (χ4n) is 3.62. The van der Waals surface area contributed by atoms with Crippen molar-refractivity contribution in [2.45, 2.75) is 57.6 Å². The molecule has 1 aliphatic carbocycles. The normalized spacial score (nSPS) is 18.7. The van der Waals surface area contributed by atoms with Gasteiger partial charge in [0, 0.05) is 12.2 Å². The molecular formula is C20H24FN3O5. The summed E-state index contributed by atoms with van der Waals surface area (Å²) in [6.07, 6.45) is 1.63. The van der Waals surface area contributed by atoms with E-state index in [4.69, 9.17) is 4.74 Å². The number of imide groups is 1. The number of halogens is 1. The lowest BCUT2D eigenvalue weighted by Crippen LogP contribution is -2.44. The third-order valence-electron chi connectivity index (χ3n) is 5.36. The van der Waals surface area contributed by atoms with Crippen molar-refractivity contribution in [2.75, 3.05) is 11.9 Å². The van der Waals surface area contributed by atoms with Crippen molar-refractivity contribution in [3.63, 3.8) is 0 Å². The Kier molecular flexibility index (Phi) is 5.86. The molecule has 1 aliphatic heterocycles. The first-order valence-corrected chi connectivity index (χ1v) is 9.62. The molecule has 3 rings (SSSR count). The van der Waals surface area contributed by atoms with Crippen LogP contribution >= 0.6 is 0 Å². The molecule has 1 atom stereocenters. The van der Waals surface area contributed by atoms with E-state index in [0.717, 1.165) is 17.7 Å². The first kappa shape index (κ1) is 20.8. The summed E-state index contributed by atoms with van der Waals surface area (Å²) in [6, 6.07) is 3.74. The van der Waals surface area contributed by atoms with E-state index in [-0.39, 0.29) is 24.6 Å². The molecule has 2 fully saturated rings. The largest absolute Gasteiger partial charge is 0.452 e. The molecule has 9 heteroatoms. The summed E-state index contributed by atoms with van der Waals surface area (Å²) in [6.45, 7) is 2.88. The second-order valence-corrected chi connectivity index (χ2v) is 7.51. The molecule has 1 spiro atoms. The van der Waals surface area contributed by atoms with Crippen molar-refractivity contribution in [2.24, 2.45) is 0 Å². The van der Waals surface area contributed by atoms with Gasteiger partial charge >= 0.3 is 12.0 Å². The minimum atomic E-state index is -1.11. The van der Waals surface area contributed by atoms with E-state index in [9.17, 15) is 23.6 Å². The van der Waals surface area contributed by atoms with Gasteiger partial charge in [0.25, 0.3) is 11.8 Å². The smallest absolute Gasteiger partial charge is 0.325 e.